The van der Waals surface area contributed by atoms with Gasteiger partial charge in [-0.05, 0) is 43.7 Å². The Morgan fingerprint density at radius 1 is 1.12 bits per heavy atom. The second kappa shape index (κ2) is 7.18. The number of amides is 2. The maximum Gasteiger partial charge on any atom is 0.317 e. The van der Waals surface area contributed by atoms with E-state index in [0.29, 0.717) is 6.04 Å². The van der Waals surface area contributed by atoms with Crippen LogP contribution in [0.2, 0.25) is 0 Å². The van der Waals surface area contributed by atoms with Crippen LogP contribution in [0, 0.1) is 0 Å². The number of aryl methyl sites for hydroxylation is 2. The van der Waals surface area contributed by atoms with E-state index < -0.39 is 0 Å². The summed E-state index contributed by atoms with van der Waals surface area (Å²) < 4.78 is 0. The lowest BCUT2D eigenvalue weighted by atomic mass is 10.1. The van der Waals surface area contributed by atoms with Gasteiger partial charge in [-0.3, -0.25) is 0 Å². The Kier molecular flexibility index (Phi) is 4.77. The van der Waals surface area contributed by atoms with Crippen molar-refractivity contribution in [3.63, 3.8) is 0 Å². The van der Waals surface area contributed by atoms with Crippen molar-refractivity contribution in [3.05, 3.63) is 17.3 Å². The molecule has 0 radical (unpaired) electrons. The fraction of sp³-hybridized carbons (Fsp3) is 0.737. The first-order chi connectivity index (χ1) is 12.2. The van der Waals surface area contributed by atoms with Gasteiger partial charge >= 0.3 is 6.03 Å². The molecular weight excluding hydrogens is 314 g/mol. The van der Waals surface area contributed by atoms with E-state index in [2.05, 4.69) is 26.5 Å². The Balaban J connectivity index is 1.28. The predicted octanol–water partition coefficient (Wildman–Crippen LogP) is 2.52. The minimum atomic E-state index is 0.0802. The van der Waals surface area contributed by atoms with Crippen molar-refractivity contribution in [1.82, 2.24) is 20.4 Å². The first-order valence-corrected chi connectivity index (χ1v) is 9.84. The van der Waals surface area contributed by atoms with Gasteiger partial charge in [0.2, 0.25) is 0 Å². The van der Waals surface area contributed by atoms with Gasteiger partial charge in [0.15, 0.2) is 5.82 Å². The highest BCUT2D eigenvalue weighted by Gasteiger charge is 2.34. The molecule has 1 aliphatic heterocycles. The van der Waals surface area contributed by atoms with Crippen LogP contribution in [0.15, 0.2) is 6.07 Å². The molecule has 6 nitrogen and oxygen atoms in total. The second-order valence-corrected chi connectivity index (χ2v) is 7.84. The predicted molar refractivity (Wildman–Crippen MR) is 97.8 cm³/mol. The Morgan fingerprint density at radius 3 is 2.64 bits per heavy atom. The van der Waals surface area contributed by atoms with Crippen molar-refractivity contribution >= 4 is 11.8 Å². The number of nitrogens with zero attached hydrogens (tertiary/aromatic N) is 4. The van der Waals surface area contributed by atoms with Crippen molar-refractivity contribution in [3.8, 4) is 0 Å². The highest BCUT2D eigenvalue weighted by Crippen LogP contribution is 2.26. The number of carbonyl (C=O) groups is 1. The Morgan fingerprint density at radius 2 is 1.88 bits per heavy atom. The van der Waals surface area contributed by atoms with Crippen molar-refractivity contribution < 1.29 is 4.79 Å². The summed E-state index contributed by atoms with van der Waals surface area (Å²) >= 11 is 0. The number of aromatic nitrogens is 2. The summed E-state index contributed by atoms with van der Waals surface area (Å²) in [6, 6.07) is 2.89. The van der Waals surface area contributed by atoms with E-state index in [1.807, 2.05) is 11.9 Å². The number of fused-ring (bicyclic) bond motifs is 1. The molecule has 0 unspecified atom stereocenters. The van der Waals surface area contributed by atoms with Crippen LogP contribution in [-0.4, -0.2) is 53.3 Å². The maximum atomic E-state index is 12.5. The molecule has 3 aliphatic rings. The molecule has 1 aromatic rings. The molecule has 0 atom stereocenters. The molecule has 0 bridgehead atoms. The molecule has 1 aromatic heterocycles. The van der Waals surface area contributed by atoms with Gasteiger partial charge in [0.1, 0.15) is 0 Å². The molecule has 0 spiro atoms. The molecule has 2 aliphatic carbocycles. The molecule has 2 heterocycles. The first-order valence-electron chi connectivity index (χ1n) is 9.84. The fourth-order valence-electron chi connectivity index (χ4n) is 4.22. The van der Waals surface area contributed by atoms with Gasteiger partial charge in [-0.25, -0.2) is 4.79 Å². The molecule has 2 fully saturated rings. The number of rotatable bonds is 3. The molecule has 0 aromatic carbocycles. The third kappa shape index (κ3) is 3.58. The van der Waals surface area contributed by atoms with Gasteiger partial charge in [0.05, 0.1) is 11.7 Å². The molecule has 4 rings (SSSR count). The highest BCUT2D eigenvalue weighted by molar-refractivity contribution is 5.75. The topological polar surface area (TPSA) is 61.4 Å². The van der Waals surface area contributed by atoms with Crippen LogP contribution in [-0.2, 0) is 12.8 Å². The van der Waals surface area contributed by atoms with E-state index in [1.54, 1.807) is 0 Å². The van der Waals surface area contributed by atoms with Crippen LogP contribution in [0.4, 0.5) is 10.6 Å². The van der Waals surface area contributed by atoms with E-state index in [1.165, 1.54) is 43.4 Å². The van der Waals surface area contributed by atoms with E-state index in [-0.39, 0.29) is 12.1 Å². The number of nitrogens with one attached hydrogen (secondary N) is 1. The molecule has 2 amide bonds. The summed E-state index contributed by atoms with van der Waals surface area (Å²) in [5.74, 6) is 0.967. The van der Waals surface area contributed by atoms with Gasteiger partial charge in [0, 0.05) is 26.2 Å². The van der Waals surface area contributed by atoms with Crippen LogP contribution >= 0.6 is 0 Å². The molecule has 1 saturated carbocycles. The molecule has 6 heteroatoms. The summed E-state index contributed by atoms with van der Waals surface area (Å²) in [6.07, 6.45) is 10.7. The Bertz CT molecular complexity index is 620. The number of likely N-dealkylation sites (N-methyl/N-ethyl adjacent to an activating group) is 1. The summed E-state index contributed by atoms with van der Waals surface area (Å²) in [6.45, 7) is 1.70. The van der Waals surface area contributed by atoms with E-state index >= 15 is 0 Å². The number of hydrogen-bond donors (Lipinski definition) is 1. The van der Waals surface area contributed by atoms with Crippen LogP contribution in [0.3, 0.4) is 0 Å². The standard InChI is InChI=1S/C19H29N5O/c1-23(19(25)20-15-8-4-2-3-5-9-15)16-12-24(13-16)18-11-14-7-6-10-17(14)21-22-18/h11,15-16H,2-10,12-13H2,1H3,(H,20,25). The largest absolute Gasteiger partial charge is 0.351 e. The zero-order valence-corrected chi connectivity index (χ0v) is 15.2. The van der Waals surface area contributed by atoms with Crippen LogP contribution in [0.25, 0.3) is 0 Å². The minimum Gasteiger partial charge on any atom is -0.351 e. The minimum absolute atomic E-state index is 0.0802. The van der Waals surface area contributed by atoms with Crippen molar-refractivity contribution in [2.75, 3.05) is 25.0 Å². The maximum absolute atomic E-state index is 12.5. The zero-order chi connectivity index (χ0) is 17.2. The van der Waals surface area contributed by atoms with Crippen LogP contribution in [0.5, 0.6) is 0 Å². The average Bonchev–Trinajstić information content (AvgIpc) is 2.89. The Labute approximate surface area is 150 Å². The first kappa shape index (κ1) is 16.6. The SMILES string of the molecule is CN(C(=O)NC1CCCCCC1)C1CN(c2cc3c(nn2)CCC3)C1. The van der Waals surface area contributed by atoms with E-state index in [4.69, 9.17) is 0 Å². The Hall–Kier alpha value is -1.85. The van der Waals surface area contributed by atoms with Crippen LogP contribution < -0.4 is 10.2 Å². The summed E-state index contributed by atoms with van der Waals surface area (Å²) in [5, 5.41) is 12.0. The quantitative estimate of drug-likeness (QED) is 0.857. The molecule has 1 saturated heterocycles. The number of hydrogen-bond acceptors (Lipinski definition) is 4. The molecule has 1 N–H and O–H groups in total. The number of carbonyl (C=O) groups excluding carboxylic acids is 1. The van der Waals surface area contributed by atoms with Gasteiger partial charge in [-0.2, -0.15) is 5.10 Å². The average molecular weight is 343 g/mol. The van der Waals surface area contributed by atoms with Crippen molar-refractivity contribution in [2.24, 2.45) is 0 Å². The molecular formula is C19H29N5O. The summed E-state index contributed by atoms with van der Waals surface area (Å²) in [5.41, 5.74) is 2.52. The van der Waals surface area contributed by atoms with Gasteiger partial charge in [-0.15, -0.1) is 5.10 Å². The fourth-order valence-corrected chi connectivity index (χ4v) is 4.22. The smallest absolute Gasteiger partial charge is 0.317 e. The lowest BCUT2D eigenvalue weighted by Gasteiger charge is -2.44. The summed E-state index contributed by atoms with van der Waals surface area (Å²) in [4.78, 5) is 16.6. The van der Waals surface area contributed by atoms with E-state index in [9.17, 15) is 4.79 Å². The summed E-state index contributed by atoms with van der Waals surface area (Å²) in [7, 11) is 1.92. The van der Waals surface area contributed by atoms with E-state index in [0.717, 1.165) is 44.6 Å². The third-order valence-corrected chi connectivity index (χ3v) is 6.04. The zero-order valence-electron chi connectivity index (χ0n) is 15.2. The van der Waals surface area contributed by atoms with Gasteiger partial charge in [-0.1, -0.05) is 25.7 Å². The lowest BCUT2D eigenvalue weighted by molar-refractivity contribution is 0.173. The molecule has 136 valence electrons. The van der Waals surface area contributed by atoms with Crippen molar-refractivity contribution in [1.29, 1.82) is 0 Å². The highest BCUT2D eigenvalue weighted by atomic mass is 16.2. The lowest BCUT2D eigenvalue weighted by Crippen LogP contribution is -2.62. The number of urea groups is 1. The monoisotopic (exact) mass is 343 g/mol. The van der Waals surface area contributed by atoms with Gasteiger partial charge in [0.25, 0.3) is 0 Å². The van der Waals surface area contributed by atoms with Crippen LogP contribution in [0.1, 0.15) is 56.2 Å². The normalized spacial score (nSPS) is 21.4. The van der Waals surface area contributed by atoms with Gasteiger partial charge < -0.3 is 15.1 Å². The second-order valence-electron chi connectivity index (χ2n) is 7.84. The van der Waals surface area contributed by atoms with Crippen molar-refractivity contribution in [2.45, 2.75) is 69.9 Å². The number of anilines is 1. The third-order valence-electron chi connectivity index (χ3n) is 6.04. The molecule has 25 heavy (non-hydrogen) atoms.